The van der Waals surface area contributed by atoms with Crippen LogP contribution in [-0.4, -0.2) is 30.1 Å². The Morgan fingerprint density at radius 3 is 2.76 bits per heavy atom. The Hall–Kier alpha value is -1.31. The van der Waals surface area contributed by atoms with Crippen LogP contribution in [0.4, 0.5) is 0 Å². The fraction of sp³-hybridized carbons (Fsp3) is 0.385. The van der Waals surface area contributed by atoms with E-state index in [-0.39, 0.29) is 25.3 Å². The van der Waals surface area contributed by atoms with Gasteiger partial charge in [-0.05, 0) is 35.0 Å². The van der Waals surface area contributed by atoms with Crippen LogP contribution in [0.1, 0.15) is 24.9 Å². The van der Waals surface area contributed by atoms with Crippen molar-refractivity contribution in [3.05, 3.63) is 27.2 Å². The summed E-state index contributed by atoms with van der Waals surface area (Å²) in [4.78, 5) is 23.1. The Labute approximate surface area is 135 Å². The van der Waals surface area contributed by atoms with E-state index in [0.29, 0.717) is 15.1 Å². The molecule has 0 radical (unpaired) electrons. The molecule has 0 saturated carbocycles. The summed E-state index contributed by atoms with van der Waals surface area (Å²) >= 11 is 9.10. The molecule has 116 valence electrons. The van der Waals surface area contributed by atoms with Gasteiger partial charge in [0.25, 0.3) is 0 Å². The molecule has 0 heterocycles. The molecule has 0 spiro atoms. The number of carbonyl (C=O) groups excluding carboxylic acids is 2. The maximum Gasteiger partial charge on any atom is 0.308 e. The average Bonchev–Trinajstić information content (AvgIpc) is 2.42. The van der Waals surface area contributed by atoms with E-state index in [4.69, 9.17) is 22.1 Å². The lowest BCUT2D eigenvalue weighted by molar-refractivity contribution is -0.143. The largest absolute Gasteiger partial charge is 0.506 e. The normalized spacial score (nSPS) is 11.8. The number of rotatable bonds is 6. The molecule has 0 aliphatic heterocycles. The highest BCUT2D eigenvalue weighted by molar-refractivity contribution is 9.10. The maximum absolute atomic E-state index is 11.6. The number of nitrogens with two attached hydrogens (primary N) is 1. The third kappa shape index (κ3) is 5.18. The number of nitrogens with one attached hydrogen (secondary N) is 1. The average molecular weight is 380 g/mol. The Morgan fingerprint density at radius 2 is 2.19 bits per heavy atom. The first-order chi connectivity index (χ1) is 9.88. The lowest BCUT2D eigenvalue weighted by Gasteiger charge is -2.20. The second kappa shape index (κ2) is 8.21. The van der Waals surface area contributed by atoms with Crippen LogP contribution in [0.15, 0.2) is 16.6 Å². The molecule has 0 aliphatic carbocycles. The second-order valence-corrected chi connectivity index (χ2v) is 5.45. The minimum atomic E-state index is -0.782. The van der Waals surface area contributed by atoms with Gasteiger partial charge in [-0.15, -0.1) is 0 Å². The highest BCUT2D eigenvalue weighted by atomic mass is 79.9. The summed E-state index contributed by atoms with van der Waals surface area (Å²) in [7, 11) is 0. The number of esters is 1. The Bertz CT molecular complexity index is 539. The van der Waals surface area contributed by atoms with Crippen molar-refractivity contribution >= 4 is 39.4 Å². The molecule has 1 rings (SSSR count). The van der Waals surface area contributed by atoms with Gasteiger partial charge in [0, 0.05) is 10.6 Å². The van der Waals surface area contributed by atoms with Crippen molar-refractivity contribution in [2.45, 2.75) is 19.4 Å². The van der Waals surface area contributed by atoms with E-state index in [0.717, 1.165) is 0 Å². The molecule has 1 atom stereocenters. The number of aromatic hydroxyl groups is 1. The molecule has 0 bridgehead atoms. The minimum absolute atomic E-state index is 0.106. The lowest BCUT2D eigenvalue weighted by Crippen LogP contribution is -2.35. The predicted molar refractivity (Wildman–Crippen MR) is 82.0 cm³/mol. The fourth-order valence-electron chi connectivity index (χ4n) is 1.73. The van der Waals surface area contributed by atoms with Gasteiger partial charge in [-0.1, -0.05) is 11.6 Å². The smallest absolute Gasteiger partial charge is 0.308 e. The zero-order valence-corrected chi connectivity index (χ0v) is 13.7. The lowest BCUT2D eigenvalue weighted by atomic mass is 10.0. The third-order valence-corrected chi connectivity index (χ3v) is 3.45. The molecule has 4 N–H and O–H groups in total. The van der Waals surface area contributed by atoms with Crippen molar-refractivity contribution < 1.29 is 19.4 Å². The molecule has 6 nitrogen and oxygen atoms in total. The first-order valence-corrected chi connectivity index (χ1v) is 7.39. The molecule has 8 heteroatoms. The topological polar surface area (TPSA) is 102 Å². The monoisotopic (exact) mass is 378 g/mol. The van der Waals surface area contributed by atoms with E-state index in [1.54, 1.807) is 6.92 Å². The first kappa shape index (κ1) is 17.7. The number of amides is 1. The number of hydrogen-bond acceptors (Lipinski definition) is 5. The van der Waals surface area contributed by atoms with Crippen LogP contribution >= 0.6 is 27.5 Å². The van der Waals surface area contributed by atoms with Crippen LogP contribution in [0.3, 0.4) is 0 Å². The summed E-state index contributed by atoms with van der Waals surface area (Å²) in [5.74, 6) is -1.07. The molecule has 1 aromatic rings. The zero-order valence-electron chi connectivity index (χ0n) is 11.4. The number of hydrogen-bond donors (Lipinski definition) is 3. The van der Waals surface area contributed by atoms with Gasteiger partial charge in [0.05, 0.1) is 30.1 Å². The molecule has 0 aromatic heterocycles. The number of phenolic OH excluding ortho intramolecular Hbond substituents is 1. The van der Waals surface area contributed by atoms with Crippen LogP contribution in [-0.2, 0) is 14.3 Å². The summed E-state index contributed by atoms with van der Waals surface area (Å²) < 4.78 is 5.22. The molecule has 21 heavy (non-hydrogen) atoms. The summed E-state index contributed by atoms with van der Waals surface area (Å²) in [6.45, 7) is 1.67. The number of benzene rings is 1. The van der Waals surface area contributed by atoms with Gasteiger partial charge >= 0.3 is 5.97 Å². The van der Waals surface area contributed by atoms with Crippen molar-refractivity contribution in [3.63, 3.8) is 0 Å². The Morgan fingerprint density at radius 1 is 1.52 bits per heavy atom. The van der Waals surface area contributed by atoms with E-state index in [1.165, 1.54) is 12.1 Å². The SMILES string of the molecule is CCOC(=O)C[C@@H](NC(=O)CN)c1cc(Cl)cc(Br)c1O. The van der Waals surface area contributed by atoms with Crippen molar-refractivity contribution in [1.82, 2.24) is 5.32 Å². The number of ether oxygens (including phenoxy) is 1. The van der Waals surface area contributed by atoms with Gasteiger partial charge in [-0.2, -0.15) is 0 Å². The molecular formula is C13H16BrClN2O4. The van der Waals surface area contributed by atoms with E-state index in [2.05, 4.69) is 21.2 Å². The Balaban J connectivity index is 3.10. The van der Waals surface area contributed by atoms with E-state index >= 15 is 0 Å². The van der Waals surface area contributed by atoms with Crippen molar-refractivity contribution in [3.8, 4) is 5.75 Å². The van der Waals surface area contributed by atoms with Gasteiger partial charge < -0.3 is 20.9 Å². The summed E-state index contributed by atoms with van der Waals surface area (Å²) in [5, 5.41) is 13.0. The Kier molecular flexibility index (Phi) is 6.94. The van der Waals surface area contributed by atoms with Crippen LogP contribution in [0.5, 0.6) is 5.75 Å². The molecule has 1 aromatic carbocycles. The molecule has 0 saturated heterocycles. The third-order valence-electron chi connectivity index (χ3n) is 2.63. The predicted octanol–water partition coefficient (Wildman–Crippen LogP) is 1.88. The van der Waals surface area contributed by atoms with E-state index < -0.39 is 17.9 Å². The molecular weight excluding hydrogens is 364 g/mol. The van der Waals surface area contributed by atoms with Crippen molar-refractivity contribution in [1.29, 1.82) is 0 Å². The number of phenols is 1. The molecule has 1 amide bonds. The van der Waals surface area contributed by atoms with Gasteiger partial charge in [-0.25, -0.2) is 0 Å². The number of halogens is 2. The van der Waals surface area contributed by atoms with Gasteiger partial charge in [0.1, 0.15) is 5.75 Å². The second-order valence-electron chi connectivity index (χ2n) is 4.16. The van der Waals surface area contributed by atoms with Crippen LogP contribution in [0, 0.1) is 0 Å². The molecule has 0 aliphatic rings. The number of carbonyl (C=O) groups is 2. The van der Waals surface area contributed by atoms with Crippen LogP contribution < -0.4 is 11.1 Å². The summed E-state index contributed by atoms with van der Waals surface area (Å²) in [6, 6.07) is 2.20. The fourth-order valence-corrected chi connectivity index (χ4v) is 2.56. The molecule has 0 fully saturated rings. The van der Waals surface area contributed by atoms with Crippen molar-refractivity contribution in [2.75, 3.05) is 13.2 Å². The minimum Gasteiger partial charge on any atom is -0.506 e. The maximum atomic E-state index is 11.6. The quantitative estimate of drug-likeness (QED) is 0.655. The zero-order chi connectivity index (χ0) is 16.0. The first-order valence-electron chi connectivity index (χ1n) is 6.22. The van der Waals surface area contributed by atoms with Gasteiger partial charge in [-0.3, -0.25) is 9.59 Å². The van der Waals surface area contributed by atoms with Gasteiger partial charge in [0.15, 0.2) is 0 Å². The van der Waals surface area contributed by atoms with Crippen LogP contribution in [0.25, 0.3) is 0 Å². The van der Waals surface area contributed by atoms with E-state index in [9.17, 15) is 14.7 Å². The summed E-state index contributed by atoms with van der Waals surface area (Å²) in [5.41, 5.74) is 5.57. The standard InChI is InChI=1S/C13H16BrClN2O4/c1-2-21-12(19)5-10(17-11(18)6-16)8-3-7(15)4-9(14)13(8)20/h3-4,10,20H,2,5-6,16H2,1H3,(H,17,18)/t10-/m1/s1. The summed E-state index contributed by atoms with van der Waals surface area (Å²) in [6.07, 6.45) is -0.139. The highest BCUT2D eigenvalue weighted by Crippen LogP contribution is 2.36. The van der Waals surface area contributed by atoms with Crippen molar-refractivity contribution in [2.24, 2.45) is 5.73 Å². The molecule has 0 unspecified atom stereocenters. The van der Waals surface area contributed by atoms with E-state index in [1.807, 2.05) is 0 Å². The highest BCUT2D eigenvalue weighted by Gasteiger charge is 2.23. The van der Waals surface area contributed by atoms with Crippen LogP contribution in [0.2, 0.25) is 5.02 Å². The van der Waals surface area contributed by atoms with Gasteiger partial charge in [0.2, 0.25) is 5.91 Å².